The first-order valence-corrected chi connectivity index (χ1v) is 7.19. The maximum atomic E-state index is 12.5. The Kier molecular flexibility index (Phi) is 4.38. The molecule has 1 saturated carbocycles. The molecule has 2 rings (SSSR count). The van der Waals surface area contributed by atoms with E-state index >= 15 is 0 Å². The van der Waals surface area contributed by atoms with Crippen molar-refractivity contribution in [2.24, 2.45) is 0 Å². The minimum absolute atomic E-state index is 0.0799. The molecule has 2 heteroatoms. The van der Waals surface area contributed by atoms with E-state index in [2.05, 4.69) is 11.5 Å². The topological polar surface area (TPSA) is 20.3 Å². The summed E-state index contributed by atoms with van der Waals surface area (Å²) in [6, 6.07) is 0. The van der Waals surface area contributed by atoms with Gasteiger partial charge >= 0.3 is 0 Å². The highest BCUT2D eigenvalue weighted by atomic mass is 16.1. The summed E-state index contributed by atoms with van der Waals surface area (Å²) in [5, 5.41) is 0. The van der Waals surface area contributed by atoms with Crippen LogP contribution >= 0.6 is 0 Å². The maximum Gasteiger partial charge on any atom is 0.153 e. The molecule has 0 bridgehead atoms. The van der Waals surface area contributed by atoms with E-state index in [4.69, 9.17) is 0 Å². The van der Waals surface area contributed by atoms with E-state index in [-0.39, 0.29) is 5.54 Å². The molecule has 1 heterocycles. The Morgan fingerprint density at radius 3 is 2.35 bits per heavy atom. The first-order valence-electron chi connectivity index (χ1n) is 7.19. The number of carbonyl (C=O) groups excluding carboxylic acids is 1. The molecule has 0 aromatic carbocycles. The predicted molar refractivity (Wildman–Crippen MR) is 71.1 cm³/mol. The van der Waals surface area contributed by atoms with Gasteiger partial charge in [-0.1, -0.05) is 25.3 Å². The number of hydrogen-bond donors (Lipinski definition) is 0. The van der Waals surface area contributed by atoms with Crippen LogP contribution in [0.5, 0.6) is 0 Å². The van der Waals surface area contributed by atoms with E-state index in [0.717, 1.165) is 32.4 Å². The van der Waals surface area contributed by atoms with E-state index in [9.17, 15) is 4.79 Å². The SMILES string of the molecule is C=CCCC(=O)C1(N2CCCCC2)CCCC1. The highest BCUT2D eigenvalue weighted by Crippen LogP contribution is 2.38. The van der Waals surface area contributed by atoms with Gasteiger partial charge in [0.2, 0.25) is 0 Å². The van der Waals surface area contributed by atoms with Crippen LogP contribution in [0.1, 0.15) is 57.8 Å². The zero-order valence-electron chi connectivity index (χ0n) is 10.9. The number of hydrogen-bond acceptors (Lipinski definition) is 2. The van der Waals surface area contributed by atoms with Crippen molar-refractivity contribution in [1.82, 2.24) is 4.90 Å². The van der Waals surface area contributed by atoms with Crippen molar-refractivity contribution < 1.29 is 4.79 Å². The lowest BCUT2D eigenvalue weighted by Gasteiger charge is -2.42. The third-order valence-electron chi connectivity index (χ3n) is 4.49. The normalized spacial score (nSPS) is 24.7. The lowest BCUT2D eigenvalue weighted by atomic mass is 9.85. The minimum Gasteiger partial charge on any atom is -0.298 e. The molecule has 1 aliphatic carbocycles. The van der Waals surface area contributed by atoms with Crippen molar-refractivity contribution in [2.75, 3.05) is 13.1 Å². The molecule has 0 aromatic heterocycles. The number of carbonyl (C=O) groups is 1. The average Bonchev–Trinajstić information content (AvgIpc) is 2.87. The van der Waals surface area contributed by atoms with Crippen molar-refractivity contribution in [3.05, 3.63) is 12.7 Å². The Balaban J connectivity index is 2.07. The molecule has 1 saturated heterocycles. The molecule has 0 atom stereocenters. The largest absolute Gasteiger partial charge is 0.298 e. The van der Waals surface area contributed by atoms with Crippen LogP contribution in [0.15, 0.2) is 12.7 Å². The van der Waals surface area contributed by atoms with E-state index in [1.165, 1.54) is 32.1 Å². The molecular formula is C15H25NO. The first-order chi connectivity index (χ1) is 8.29. The second kappa shape index (κ2) is 5.81. The van der Waals surface area contributed by atoms with Gasteiger partial charge in [0.05, 0.1) is 5.54 Å². The van der Waals surface area contributed by atoms with Crippen molar-refractivity contribution in [3.63, 3.8) is 0 Å². The number of allylic oxidation sites excluding steroid dienone is 1. The smallest absolute Gasteiger partial charge is 0.153 e. The van der Waals surface area contributed by atoms with Crippen LogP contribution < -0.4 is 0 Å². The Morgan fingerprint density at radius 1 is 1.12 bits per heavy atom. The number of likely N-dealkylation sites (tertiary alicyclic amines) is 1. The van der Waals surface area contributed by atoms with Gasteiger partial charge in [-0.3, -0.25) is 9.69 Å². The third kappa shape index (κ3) is 2.62. The fourth-order valence-corrected chi connectivity index (χ4v) is 3.52. The molecule has 2 fully saturated rings. The average molecular weight is 235 g/mol. The van der Waals surface area contributed by atoms with Gasteiger partial charge < -0.3 is 0 Å². The van der Waals surface area contributed by atoms with Gasteiger partial charge in [-0.15, -0.1) is 6.58 Å². The zero-order chi connectivity index (χ0) is 12.1. The molecule has 0 radical (unpaired) electrons. The molecule has 2 nitrogen and oxygen atoms in total. The number of Topliss-reactive ketones (excluding diaryl/α,β-unsaturated/α-hetero) is 1. The molecule has 2 aliphatic rings. The second-order valence-electron chi connectivity index (χ2n) is 5.54. The molecule has 0 N–H and O–H groups in total. The van der Waals surface area contributed by atoms with Crippen LogP contribution in [0, 0.1) is 0 Å². The van der Waals surface area contributed by atoms with Crippen molar-refractivity contribution in [1.29, 1.82) is 0 Å². The Morgan fingerprint density at radius 2 is 1.76 bits per heavy atom. The number of piperidine rings is 1. The van der Waals surface area contributed by atoms with Gasteiger partial charge in [-0.25, -0.2) is 0 Å². The van der Waals surface area contributed by atoms with Gasteiger partial charge in [0.1, 0.15) is 0 Å². The minimum atomic E-state index is -0.0799. The zero-order valence-corrected chi connectivity index (χ0v) is 10.9. The quantitative estimate of drug-likeness (QED) is 0.681. The summed E-state index contributed by atoms with van der Waals surface area (Å²) >= 11 is 0. The first kappa shape index (κ1) is 12.8. The summed E-state index contributed by atoms with van der Waals surface area (Å²) in [7, 11) is 0. The molecule has 1 aliphatic heterocycles. The fourth-order valence-electron chi connectivity index (χ4n) is 3.52. The van der Waals surface area contributed by atoms with Crippen LogP contribution in [0.3, 0.4) is 0 Å². The number of nitrogens with zero attached hydrogens (tertiary/aromatic N) is 1. The fraction of sp³-hybridized carbons (Fsp3) is 0.800. The molecule has 0 unspecified atom stereocenters. The summed E-state index contributed by atoms with van der Waals surface area (Å²) in [6.07, 6.45) is 12.0. The van der Waals surface area contributed by atoms with Gasteiger partial charge in [0.25, 0.3) is 0 Å². The molecule has 96 valence electrons. The molecular weight excluding hydrogens is 210 g/mol. The highest BCUT2D eigenvalue weighted by Gasteiger charge is 2.44. The third-order valence-corrected chi connectivity index (χ3v) is 4.49. The number of rotatable bonds is 5. The summed E-state index contributed by atoms with van der Waals surface area (Å²) in [5.74, 6) is 0.483. The lowest BCUT2D eigenvalue weighted by Crippen LogP contribution is -2.54. The molecule has 0 spiro atoms. The second-order valence-corrected chi connectivity index (χ2v) is 5.54. The van der Waals surface area contributed by atoms with Crippen LogP contribution in [0.2, 0.25) is 0 Å². The van der Waals surface area contributed by atoms with Crippen molar-refractivity contribution in [2.45, 2.75) is 63.3 Å². The lowest BCUT2D eigenvalue weighted by molar-refractivity contribution is -0.132. The Hall–Kier alpha value is -0.630. The van der Waals surface area contributed by atoms with Crippen LogP contribution in [0.4, 0.5) is 0 Å². The summed E-state index contributed by atoms with van der Waals surface area (Å²) < 4.78 is 0. The molecule has 0 amide bonds. The Labute approximate surface area is 105 Å². The van der Waals surface area contributed by atoms with Crippen LogP contribution in [-0.2, 0) is 4.79 Å². The van der Waals surface area contributed by atoms with E-state index in [0.29, 0.717) is 12.2 Å². The molecule has 17 heavy (non-hydrogen) atoms. The predicted octanol–water partition coefficient (Wildman–Crippen LogP) is 3.32. The Bertz CT molecular complexity index is 273. The summed E-state index contributed by atoms with van der Waals surface area (Å²) in [5.41, 5.74) is -0.0799. The highest BCUT2D eigenvalue weighted by molar-refractivity contribution is 5.88. The molecule has 0 aromatic rings. The van der Waals surface area contributed by atoms with Gasteiger partial charge in [-0.05, 0) is 45.2 Å². The monoisotopic (exact) mass is 235 g/mol. The summed E-state index contributed by atoms with van der Waals surface area (Å²) in [6.45, 7) is 6.01. The van der Waals surface area contributed by atoms with E-state index < -0.39 is 0 Å². The van der Waals surface area contributed by atoms with Gasteiger partial charge in [0.15, 0.2) is 5.78 Å². The van der Waals surface area contributed by atoms with Crippen molar-refractivity contribution >= 4 is 5.78 Å². The van der Waals surface area contributed by atoms with Crippen molar-refractivity contribution in [3.8, 4) is 0 Å². The standard InChI is InChI=1S/C15H25NO/c1-2-3-9-14(17)15(10-5-6-11-15)16-12-7-4-8-13-16/h2H,1,3-13H2. The number of ketones is 1. The van der Waals surface area contributed by atoms with Gasteiger partial charge in [-0.2, -0.15) is 0 Å². The van der Waals surface area contributed by atoms with Crippen LogP contribution in [0.25, 0.3) is 0 Å². The maximum absolute atomic E-state index is 12.5. The van der Waals surface area contributed by atoms with E-state index in [1.807, 2.05) is 6.08 Å². The van der Waals surface area contributed by atoms with Crippen LogP contribution in [-0.4, -0.2) is 29.3 Å². The van der Waals surface area contributed by atoms with Gasteiger partial charge in [0, 0.05) is 6.42 Å². The van der Waals surface area contributed by atoms with E-state index in [1.54, 1.807) is 0 Å². The summed E-state index contributed by atoms with van der Waals surface area (Å²) in [4.78, 5) is 15.0.